The van der Waals surface area contributed by atoms with Gasteiger partial charge in [0.25, 0.3) is 5.91 Å². The zero-order valence-corrected chi connectivity index (χ0v) is 14.6. The Morgan fingerprint density at radius 3 is 2.13 bits per heavy atom. The maximum absolute atomic E-state index is 12.0. The highest BCUT2D eigenvalue weighted by molar-refractivity contribution is 5.94. The fourth-order valence-corrected chi connectivity index (χ4v) is 1.76. The highest BCUT2D eigenvalue weighted by Crippen LogP contribution is 2.13. The Hall–Kier alpha value is -1.88. The van der Waals surface area contributed by atoms with E-state index in [2.05, 4.69) is 10.6 Å². The number of carbonyl (C=O) groups excluding carboxylic acids is 2. The molecule has 0 aliphatic rings. The average Bonchev–Trinajstić information content (AvgIpc) is 2.49. The molecule has 0 heterocycles. The SMILES string of the molecule is CC(C)C(O)CNC(=O)c1ccc(CNC(=O)C(C)(C)C)cc1. The number of hydrogen-bond acceptors (Lipinski definition) is 3. The van der Waals surface area contributed by atoms with Gasteiger partial charge < -0.3 is 15.7 Å². The first-order valence-corrected chi connectivity index (χ1v) is 7.94. The molecule has 1 atom stereocenters. The quantitative estimate of drug-likeness (QED) is 0.751. The number of benzene rings is 1. The van der Waals surface area contributed by atoms with E-state index in [9.17, 15) is 14.7 Å². The molecule has 128 valence electrons. The van der Waals surface area contributed by atoms with Crippen molar-refractivity contribution in [1.29, 1.82) is 0 Å². The largest absolute Gasteiger partial charge is 0.391 e. The summed E-state index contributed by atoms with van der Waals surface area (Å²) < 4.78 is 0. The second kappa shape index (κ2) is 8.11. The molecule has 2 amide bonds. The van der Waals surface area contributed by atoms with E-state index in [0.717, 1.165) is 5.56 Å². The minimum absolute atomic E-state index is 0.0120. The zero-order chi connectivity index (χ0) is 17.6. The van der Waals surface area contributed by atoms with E-state index in [0.29, 0.717) is 12.1 Å². The van der Waals surface area contributed by atoms with E-state index in [1.165, 1.54) is 0 Å². The van der Waals surface area contributed by atoms with Gasteiger partial charge in [0, 0.05) is 24.1 Å². The Labute approximate surface area is 138 Å². The van der Waals surface area contributed by atoms with Crippen molar-refractivity contribution in [2.75, 3.05) is 6.54 Å². The van der Waals surface area contributed by atoms with Crippen molar-refractivity contribution >= 4 is 11.8 Å². The molecule has 5 nitrogen and oxygen atoms in total. The standard InChI is InChI=1S/C18H28N2O3/c1-12(2)15(21)11-19-16(22)14-8-6-13(7-9-14)10-20-17(23)18(3,4)5/h6-9,12,15,21H,10-11H2,1-5H3,(H,19,22)(H,20,23). The summed E-state index contributed by atoms with van der Waals surface area (Å²) >= 11 is 0. The molecule has 0 spiro atoms. The first kappa shape index (κ1) is 19.2. The summed E-state index contributed by atoms with van der Waals surface area (Å²) in [6, 6.07) is 7.07. The summed E-state index contributed by atoms with van der Waals surface area (Å²) in [6.07, 6.45) is -0.550. The van der Waals surface area contributed by atoms with Crippen LogP contribution >= 0.6 is 0 Å². The first-order chi connectivity index (χ1) is 10.6. The van der Waals surface area contributed by atoms with Crippen LogP contribution in [0.2, 0.25) is 0 Å². The number of aliphatic hydroxyl groups excluding tert-OH is 1. The molecule has 1 aromatic rings. The second-order valence-corrected chi connectivity index (χ2v) is 7.15. The molecule has 0 aliphatic carbocycles. The van der Waals surface area contributed by atoms with Gasteiger partial charge in [0.05, 0.1) is 6.10 Å². The van der Waals surface area contributed by atoms with Gasteiger partial charge in [-0.2, -0.15) is 0 Å². The first-order valence-electron chi connectivity index (χ1n) is 7.94. The fraction of sp³-hybridized carbons (Fsp3) is 0.556. The number of nitrogens with one attached hydrogen (secondary N) is 2. The van der Waals surface area contributed by atoms with Gasteiger partial charge in [-0.1, -0.05) is 46.8 Å². The van der Waals surface area contributed by atoms with Gasteiger partial charge in [-0.3, -0.25) is 9.59 Å². The minimum Gasteiger partial charge on any atom is -0.391 e. The molecule has 1 unspecified atom stereocenters. The van der Waals surface area contributed by atoms with Crippen LogP contribution in [-0.2, 0) is 11.3 Å². The summed E-state index contributed by atoms with van der Waals surface area (Å²) in [4.78, 5) is 23.8. The highest BCUT2D eigenvalue weighted by Gasteiger charge is 2.20. The van der Waals surface area contributed by atoms with Crippen LogP contribution in [0.3, 0.4) is 0 Å². The molecule has 0 aromatic heterocycles. The molecule has 3 N–H and O–H groups in total. The van der Waals surface area contributed by atoms with Crippen molar-refractivity contribution in [2.24, 2.45) is 11.3 Å². The van der Waals surface area contributed by atoms with Crippen molar-refractivity contribution in [3.8, 4) is 0 Å². The Bertz CT molecular complexity index is 530. The molecule has 1 rings (SSSR count). The Morgan fingerprint density at radius 1 is 1.09 bits per heavy atom. The van der Waals surface area contributed by atoms with Crippen LogP contribution in [0.25, 0.3) is 0 Å². The van der Waals surface area contributed by atoms with Crippen molar-refractivity contribution in [3.63, 3.8) is 0 Å². The minimum atomic E-state index is -0.550. The average molecular weight is 320 g/mol. The molecule has 0 saturated heterocycles. The van der Waals surface area contributed by atoms with E-state index in [1.54, 1.807) is 12.1 Å². The smallest absolute Gasteiger partial charge is 0.251 e. The Morgan fingerprint density at radius 2 is 1.65 bits per heavy atom. The van der Waals surface area contributed by atoms with Gasteiger partial charge in [0.2, 0.25) is 5.91 Å². The van der Waals surface area contributed by atoms with E-state index >= 15 is 0 Å². The maximum atomic E-state index is 12.0. The second-order valence-electron chi connectivity index (χ2n) is 7.15. The van der Waals surface area contributed by atoms with Crippen LogP contribution in [0.5, 0.6) is 0 Å². The molecule has 23 heavy (non-hydrogen) atoms. The van der Waals surface area contributed by atoms with Crippen molar-refractivity contribution < 1.29 is 14.7 Å². The highest BCUT2D eigenvalue weighted by atomic mass is 16.3. The maximum Gasteiger partial charge on any atom is 0.251 e. The molecule has 0 bridgehead atoms. The molecular formula is C18H28N2O3. The summed E-state index contributed by atoms with van der Waals surface area (Å²) in [7, 11) is 0. The van der Waals surface area contributed by atoms with Crippen LogP contribution in [0, 0.1) is 11.3 Å². The third-order valence-corrected chi connectivity index (χ3v) is 3.59. The van der Waals surface area contributed by atoms with Gasteiger partial charge in [-0.15, -0.1) is 0 Å². The predicted molar refractivity (Wildman–Crippen MR) is 90.9 cm³/mol. The van der Waals surface area contributed by atoms with Gasteiger partial charge in [-0.25, -0.2) is 0 Å². The van der Waals surface area contributed by atoms with Gasteiger partial charge >= 0.3 is 0 Å². The number of hydrogen-bond donors (Lipinski definition) is 3. The lowest BCUT2D eigenvalue weighted by molar-refractivity contribution is -0.128. The molecule has 5 heteroatoms. The number of aliphatic hydroxyl groups is 1. The molecule has 0 aliphatic heterocycles. The number of carbonyl (C=O) groups is 2. The van der Waals surface area contributed by atoms with Crippen LogP contribution < -0.4 is 10.6 Å². The van der Waals surface area contributed by atoms with Crippen molar-refractivity contribution in [2.45, 2.75) is 47.3 Å². The zero-order valence-electron chi connectivity index (χ0n) is 14.6. The number of rotatable bonds is 6. The van der Waals surface area contributed by atoms with Crippen LogP contribution in [0.4, 0.5) is 0 Å². The molecule has 0 saturated carbocycles. The van der Waals surface area contributed by atoms with Gasteiger partial charge in [0.15, 0.2) is 0 Å². The third kappa shape index (κ3) is 6.40. The van der Waals surface area contributed by atoms with Crippen molar-refractivity contribution in [1.82, 2.24) is 10.6 Å². The predicted octanol–water partition coefficient (Wildman–Crippen LogP) is 2.10. The van der Waals surface area contributed by atoms with E-state index < -0.39 is 11.5 Å². The summed E-state index contributed by atoms with van der Waals surface area (Å²) in [5.74, 6) is -0.124. The lowest BCUT2D eigenvalue weighted by Gasteiger charge is -2.17. The van der Waals surface area contributed by atoms with Crippen LogP contribution in [-0.4, -0.2) is 29.6 Å². The lowest BCUT2D eigenvalue weighted by atomic mass is 9.95. The summed E-state index contributed by atoms with van der Waals surface area (Å²) in [5, 5.41) is 15.3. The lowest BCUT2D eigenvalue weighted by Crippen LogP contribution is -2.35. The van der Waals surface area contributed by atoms with Crippen LogP contribution in [0.1, 0.15) is 50.5 Å². The van der Waals surface area contributed by atoms with E-state index in [1.807, 2.05) is 46.8 Å². The molecule has 0 radical (unpaired) electrons. The summed E-state index contributed by atoms with van der Waals surface area (Å²) in [5.41, 5.74) is 1.05. The normalized spacial score (nSPS) is 12.8. The third-order valence-electron chi connectivity index (χ3n) is 3.59. The Kier molecular flexibility index (Phi) is 6.76. The number of amides is 2. The topological polar surface area (TPSA) is 78.4 Å². The van der Waals surface area contributed by atoms with Gasteiger partial charge in [0.1, 0.15) is 0 Å². The molecular weight excluding hydrogens is 292 g/mol. The monoisotopic (exact) mass is 320 g/mol. The van der Waals surface area contributed by atoms with E-state index in [4.69, 9.17) is 0 Å². The van der Waals surface area contributed by atoms with Crippen molar-refractivity contribution in [3.05, 3.63) is 35.4 Å². The van der Waals surface area contributed by atoms with Gasteiger partial charge in [-0.05, 0) is 23.6 Å². The molecule has 0 fully saturated rings. The summed E-state index contributed by atoms with van der Waals surface area (Å²) in [6.45, 7) is 10.1. The van der Waals surface area contributed by atoms with Crippen LogP contribution in [0.15, 0.2) is 24.3 Å². The van der Waals surface area contributed by atoms with E-state index in [-0.39, 0.29) is 24.3 Å². The fourth-order valence-electron chi connectivity index (χ4n) is 1.76. The Balaban J connectivity index is 2.53. The molecule has 1 aromatic carbocycles.